The molecular formula is C14H15N3O. The molecule has 0 aliphatic carbocycles. The summed E-state index contributed by atoms with van der Waals surface area (Å²) in [4.78, 5) is 19.9. The Morgan fingerprint density at radius 1 is 1.00 bits per heavy atom. The maximum absolute atomic E-state index is 11.6. The van der Waals surface area contributed by atoms with Crippen LogP contribution in [0.2, 0.25) is 0 Å². The summed E-state index contributed by atoms with van der Waals surface area (Å²) >= 11 is 0. The number of amides is 1. The van der Waals surface area contributed by atoms with Crippen molar-refractivity contribution in [2.45, 2.75) is 19.4 Å². The van der Waals surface area contributed by atoms with Gasteiger partial charge in [-0.1, -0.05) is 12.1 Å². The SMILES string of the molecule is O=C(CCc1ccccn1)NCc1ccccn1. The number of pyridine rings is 2. The number of aryl methyl sites for hydroxylation is 1. The molecule has 0 radical (unpaired) electrons. The normalized spacial score (nSPS) is 10.0. The lowest BCUT2D eigenvalue weighted by molar-refractivity contribution is -0.121. The number of rotatable bonds is 5. The van der Waals surface area contributed by atoms with Gasteiger partial charge in [-0.15, -0.1) is 0 Å². The van der Waals surface area contributed by atoms with E-state index < -0.39 is 0 Å². The maximum atomic E-state index is 11.6. The van der Waals surface area contributed by atoms with Gasteiger partial charge in [-0.05, 0) is 30.7 Å². The molecule has 18 heavy (non-hydrogen) atoms. The average molecular weight is 241 g/mol. The monoisotopic (exact) mass is 241 g/mol. The zero-order valence-electron chi connectivity index (χ0n) is 10.0. The van der Waals surface area contributed by atoms with Crippen LogP contribution in [0.3, 0.4) is 0 Å². The van der Waals surface area contributed by atoms with Gasteiger partial charge in [0.1, 0.15) is 0 Å². The quantitative estimate of drug-likeness (QED) is 0.867. The van der Waals surface area contributed by atoms with Gasteiger partial charge in [0.15, 0.2) is 0 Å². The smallest absolute Gasteiger partial charge is 0.220 e. The minimum atomic E-state index is 0.0197. The summed E-state index contributed by atoms with van der Waals surface area (Å²) in [5.74, 6) is 0.0197. The van der Waals surface area contributed by atoms with E-state index >= 15 is 0 Å². The van der Waals surface area contributed by atoms with Crippen molar-refractivity contribution in [2.75, 3.05) is 0 Å². The molecule has 1 N–H and O–H groups in total. The Labute approximate surface area is 106 Å². The van der Waals surface area contributed by atoms with Gasteiger partial charge in [-0.3, -0.25) is 14.8 Å². The van der Waals surface area contributed by atoms with E-state index in [1.54, 1.807) is 12.4 Å². The second-order valence-corrected chi connectivity index (χ2v) is 3.92. The van der Waals surface area contributed by atoms with E-state index in [4.69, 9.17) is 0 Å². The van der Waals surface area contributed by atoms with Crippen LogP contribution < -0.4 is 5.32 Å². The molecule has 2 rings (SSSR count). The summed E-state index contributed by atoms with van der Waals surface area (Å²) in [7, 11) is 0. The number of carbonyl (C=O) groups excluding carboxylic acids is 1. The number of hydrogen-bond donors (Lipinski definition) is 1. The molecule has 0 unspecified atom stereocenters. The Hall–Kier alpha value is -2.23. The first-order valence-electron chi connectivity index (χ1n) is 5.91. The molecule has 0 bridgehead atoms. The Kier molecular flexibility index (Phi) is 4.41. The predicted molar refractivity (Wildman–Crippen MR) is 68.6 cm³/mol. The number of nitrogens with zero attached hydrogens (tertiary/aromatic N) is 2. The molecule has 2 aromatic heterocycles. The largest absolute Gasteiger partial charge is 0.350 e. The van der Waals surface area contributed by atoms with Gasteiger partial charge in [0, 0.05) is 24.5 Å². The van der Waals surface area contributed by atoms with Gasteiger partial charge in [0.25, 0.3) is 0 Å². The molecule has 0 fully saturated rings. The van der Waals surface area contributed by atoms with Gasteiger partial charge in [0.2, 0.25) is 5.91 Å². The van der Waals surface area contributed by atoms with Crippen LogP contribution in [0.25, 0.3) is 0 Å². The first-order valence-corrected chi connectivity index (χ1v) is 5.91. The van der Waals surface area contributed by atoms with Crippen molar-refractivity contribution >= 4 is 5.91 Å². The average Bonchev–Trinajstić information content (AvgIpc) is 2.45. The summed E-state index contributed by atoms with van der Waals surface area (Å²) < 4.78 is 0. The summed E-state index contributed by atoms with van der Waals surface area (Å²) in [6.07, 6.45) is 4.56. The molecule has 4 heteroatoms. The fourth-order valence-corrected chi connectivity index (χ4v) is 1.57. The van der Waals surface area contributed by atoms with Gasteiger partial charge >= 0.3 is 0 Å². The Bertz CT molecular complexity index is 439. The van der Waals surface area contributed by atoms with E-state index in [1.165, 1.54) is 0 Å². The van der Waals surface area contributed by atoms with E-state index in [9.17, 15) is 4.79 Å². The summed E-state index contributed by atoms with van der Waals surface area (Å²) in [5, 5.41) is 2.84. The van der Waals surface area contributed by atoms with Crippen LogP contribution in [-0.4, -0.2) is 15.9 Å². The lowest BCUT2D eigenvalue weighted by Gasteiger charge is -2.04. The van der Waals surface area contributed by atoms with Gasteiger partial charge in [-0.2, -0.15) is 0 Å². The summed E-state index contributed by atoms with van der Waals surface area (Å²) in [5.41, 5.74) is 1.80. The molecule has 92 valence electrons. The summed E-state index contributed by atoms with van der Waals surface area (Å²) in [6, 6.07) is 11.4. The van der Waals surface area contributed by atoms with E-state index in [-0.39, 0.29) is 5.91 Å². The van der Waals surface area contributed by atoms with Crippen LogP contribution in [0.1, 0.15) is 17.8 Å². The van der Waals surface area contributed by atoms with Crippen molar-refractivity contribution in [1.82, 2.24) is 15.3 Å². The maximum Gasteiger partial charge on any atom is 0.220 e. The van der Waals surface area contributed by atoms with Crippen LogP contribution in [0.15, 0.2) is 48.8 Å². The zero-order valence-corrected chi connectivity index (χ0v) is 10.0. The van der Waals surface area contributed by atoms with Crippen LogP contribution >= 0.6 is 0 Å². The van der Waals surface area contributed by atoms with E-state index in [2.05, 4.69) is 15.3 Å². The van der Waals surface area contributed by atoms with Crippen LogP contribution in [0, 0.1) is 0 Å². The van der Waals surface area contributed by atoms with Crippen molar-refractivity contribution < 1.29 is 4.79 Å². The van der Waals surface area contributed by atoms with Gasteiger partial charge in [0.05, 0.1) is 12.2 Å². The zero-order chi connectivity index (χ0) is 12.6. The molecule has 0 spiro atoms. The molecule has 0 atom stereocenters. The third-order valence-corrected chi connectivity index (χ3v) is 2.53. The number of carbonyl (C=O) groups is 1. The van der Waals surface area contributed by atoms with E-state index in [0.717, 1.165) is 11.4 Å². The fourth-order valence-electron chi connectivity index (χ4n) is 1.57. The molecule has 2 aromatic rings. The number of nitrogens with one attached hydrogen (secondary N) is 1. The standard InChI is InChI=1S/C14H15N3O/c18-14(8-7-12-5-1-3-9-15-12)17-11-13-6-2-4-10-16-13/h1-6,9-10H,7-8,11H2,(H,17,18). The van der Waals surface area contributed by atoms with Crippen LogP contribution in [-0.2, 0) is 17.8 Å². The topological polar surface area (TPSA) is 54.9 Å². The molecule has 0 aromatic carbocycles. The molecule has 0 saturated heterocycles. The van der Waals surface area contributed by atoms with Crippen LogP contribution in [0.4, 0.5) is 0 Å². The van der Waals surface area contributed by atoms with Gasteiger partial charge < -0.3 is 5.32 Å². The molecule has 0 aliphatic heterocycles. The van der Waals surface area contributed by atoms with Crippen molar-refractivity contribution in [1.29, 1.82) is 0 Å². The third kappa shape index (κ3) is 3.97. The minimum absolute atomic E-state index is 0.0197. The van der Waals surface area contributed by atoms with E-state index in [0.29, 0.717) is 19.4 Å². The highest BCUT2D eigenvalue weighted by Gasteiger charge is 2.02. The first-order chi connectivity index (χ1) is 8.84. The second kappa shape index (κ2) is 6.49. The molecule has 1 amide bonds. The predicted octanol–water partition coefficient (Wildman–Crippen LogP) is 1.73. The molecule has 0 saturated carbocycles. The minimum Gasteiger partial charge on any atom is -0.350 e. The van der Waals surface area contributed by atoms with Crippen molar-refractivity contribution in [3.05, 3.63) is 60.2 Å². The third-order valence-electron chi connectivity index (χ3n) is 2.53. The Morgan fingerprint density at radius 3 is 2.28 bits per heavy atom. The molecule has 4 nitrogen and oxygen atoms in total. The Morgan fingerprint density at radius 2 is 1.67 bits per heavy atom. The van der Waals surface area contributed by atoms with Crippen LogP contribution in [0.5, 0.6) is 0 Å². The molecule has 0 aliphatic rings. The highest BCUT2D eigenvalue weighted by Crippen LogP contribution is 1.99. The van der Waals surface area contributed by atoms with Crippen molar-refractivity contribution in [3.63, 3.8) is 0 Å². The van der Waals surface area contributed by atoms with Crippen molar-refractivity contribution in [3.8, 4) is 0 Å². The Balaban J connectivity index is 1.73. The van der Waals surface area contributed by atoms with Gasteiger partial charge in [-0.25, -0.2) is 0 Å². The highest BCUT2D eigenvalue weighted by molar-refractivity contribution is 5.76. The fraction of sp³-hybridized carbons (Fsp3) is 0.214. The number of hydrogen-bond acceptors (Lipinski definition) is 3. The lowest BCUT2D eigenvalue weighted by atomic mass is 10.2. The number of aromatic nitrogens is 2. The highest BCUT2D eigenvalue weighted by atomic mass is 16.1. The molecular weight excluding hydrogens is 226 g/mol. The van der Waals surface area contributed by atoms with Crippen molar-refractivity contribution in [2.24, 2.45) is 0 Å². The summed E-state index contributed by atoms with van der Waals surface area (Å²) in [6.45, 7) is 0.474. The molecule has 2 heterocycles. The van der Waals surface area contributed by atoms with E-state index in [1.807, 2.05) is 36.4 Å². The second-order valence-electron chi connectivity index (χ2n) is 3.92. The first kappa shape index (κ1) is 12.2. The lowest BCUT2D eigenvalue weighted by Crippen LogP contribution is -2.23.